The van der Waals surface area contributed by atoms with E-state index in [1.807, 2.05) is 25.1 Å². The molecule has 1 saturated carbocycles. The minimum Gasteiger partial charge on any atom is -0.497 e. The second kappa shape index (κ2) is 5.85. The Morgan fingerprint density at radius 1 is 1.38 bits per heavy atom. The molecule has 2 unspecified atom stereocenters. The molecule has 0 radical (unpaired) electrons. The predicted octanol–water partition coefficient (Wildman–Crippen LogP) is 2.66. The van der Waals surface area contributed by atoms with Crippen molar-refractivity contribution in [3.8, 4) is 5.75 Å². The number of nitrogens with zero attached hydrogens (tertiary/aromatic N) is 1. The van der Waals surface area contributed by atoms with Gasteiger partial charge in [-0.3, -0.25) is 0 Å². The van der Waals surface area contributed by atoms with Crippen molar-refractivity contribution in [1.82, 2.24) is 0 Å². The van der Waals surface area contributed by atoms with Crippen LogP contribution in [-0.2, 0) is 4.74 Å². The van der Waals surface area contributed by atoms with Crippen LogP contribution in [0.5, 0.6) is 5.75 Å². The summed E-state index contributed by atoms with van der Waals surface area (Å²) in [7, 11) is 3.76. The van der Waals surface area contributed by atoms with E-state index in [1.165, 1.54) is 0 Å². The van der Waals surface area contributed by atoms with Crippen LogP contribution in [0.3, 0.4) is 0 Å². The fourth-order valence-electron chi connectivity index (χ4n) is 3.14. The van der Waals surface area contributed by atoms with Gasteiger partial charge in [-0.25, -0.2) is 0 Å². The molecule has 118 valence electrons. The Labute approximate surface area is 128 Å². The number of ether oxygens (including phenoxy) is 2. The molecule has 2 rings (SSSR count). The first-order chi connectivity index (χ1) is 9.84. The first-order valence-electron chi connectivity index (χ1n) is 7.59. The van der Waals surface area contributed by atoms with Gasteiger partial charge in [0.25, 0.3) is 0 Å². The molecule has 1 aromatic rings. The first kappa shape index (κ1) is 16.1. The number of rotatable bonds is 6. The molecule has 4 heteroatoms. The zero-order valence-corrected chi connectivity index (χ0v) is 13.8. The van der Waals surface area contributed by atoms with Crippen LogP contribution in [0.2, 0.25) is 0 Å². The fraction of sp³-hybridized carbons (Fsp3) is 0.647. The highest BCUT2D eigenvalue weighted by Crippen LogP contribution is 2.50. The molecule has 4 nitrogen and oxygen atoms in total. The molecular formula is C17H28N2O2. The Morgan fingerprint density at radius 2 is 2.10 bits per heavy atom. The van der Waals surface area contributed by atoms with Crippen molar-refractivity contribution in [2.24, 2.45) is 11.1 Å². The molecule has 0 saturated heterocycles. The second-order valence-corrected chi connectivity index (χ2v) is 6.58. The van der Waals surface area contributed by atoms with Gasteiger partial charge in [-0.1, -0.05) is 19.9 Å². The molecule has 0 bridgehead atoms. The van der Waals surface area contributed by atoms with Crippen molar-refractivity contribution >= 4 is 5.69 Å². The van der Waals surface area contributed by atoms with Gasteiger partial charge in [0, 0.05) is 42.9 Å². The standard InChI is InChI=1S/C17H28N2O2/c1-6-21-15-11-17(18,16(15,2)3)12-19(4)13-8-7-9-14(10-13)20-5/h7-10,15H,6,11-12,18H2,1-5H3. The van der Waals surface area contributed by atoms with Crippen molar-refractivity contribution in [2.75, 3.05) is 32.2 Å². The summed E-state index contributed by atoms with van der Waals surface area (Å²) in [6, 6.07) is 8.07. The number of nitrogens with two attached hydrogens (primary N) is 1. The van der Waals surface area contributed by atoms with E-state index in [2.05, 4.69) is 31.9 Å². The van der Waals surface area contributed by atoms with Gasteiger partial charge in [0.15, 0.2) is 0 Å². The average molecular weight is 292 g/mol. The molecule has 1 aromatic carbocycles. The van der Waals surface area contributed by atoms with E-state index in [4.69, 9.17) is 15.2 Å². The smallest absolute Gasteiger partial charge is 0.120 e. The van der Waals surface area contributed by atoms with E-state index in [-0.39, 0.29) is 17.1 Å². The molecular weight excluding hydrogens is 264 g/mol. The average Bonchev–Trinajstić information content (AvgIpc) is 2.47. The molecule has 1 fully saturated rings. The van der Waals surface area contributed by atoms with Crippen LogP contribution in [0.15, 0.2) is 24.3 Å². The molecule has 1 aliphatic rings. The Kier molecular flexibility index (Phi) is 4.49. The van der Waals surface area contributed by atoms with Crippen LogP contribution in [0.25, 0.3) is 0 Å². The summed E-state index contributed by atoms with van der Waals surface area (Å²) >= 11 is 0. The van der Waals surface area contributed by atoms with E-state index < -0.39 is 0 Å². The van der Waals surface area contributed by atoms with Crippen LogP contribution >= 0.6 is 0 Å². The van der Waals surface area contributed by atoms with Gasteiger partial charge in [-0.2, -0.15) is 0 Å². The van der Waals surface area contributed by atoms with Crippen LogP contribution in [0.1, 0.15) is 27.2 Å². The van der Waals surface area contributed by atoms with Crippen LogP contribution < -0.4 is 15.4 Å². The Hall–Kier alpha value is -1.26. The Bertz CT molecular complexity index is 489. The van der Waals surface area contributed by atoms with Gasteiger partial charge < -0.3 is 20.1 Å². The van der Waals surface area contributed by atoms with Crippen molar-refractivity contribution in [3.05, 3.63) is 24.3 Å². The maximum atomic E-state index is 6.66. The largest absolute Gasteiger partial charge is 0.497 e. The lowest BCUT2D eigenvalue weighted by molar-refractivity contribution is -0.145. The molecule has 0 spiro atoms. The summed E-state index contributed by atoms with van der Waals surface area (Å²) in [6.07, 6.45) is 1.16. The highest BCUT2D eigenvalue weighted by molar-refractivity contribution is 5.50. The summed E-state index contributed by atoms with van der Waals surface area (Å²) in [5.41, 5.74) is 7.53. The monoisotopic (exact) mass is 292 g/mol. The SMILES string of the molecule is CCOC1CC(N)(CN(C)c2cccc(OC)c2)C1(C)C. The summed E-state index contributed by atoms with van der Waals surface area (Å²) in [6.45, 7) is 7.99. The predicted molar refractivity (Wildman–Crippen MR) is 87.0 cm³/mol. The normalized spacial score (nSPS) is 27.0. The molecule has 2 atom stereocenters. The first-order valence-corrected chi connectivity index (χ1v) is 7.59. The maximum Gasteiger partial charge on any atom is 0.120 e. The van der Waals surface area contributed by atoms with Crippen molar-refractivity contribution in [3.63, 3.8) is 0 Å². The van der Waals surface area contributed by atoms with Gasteiger partial charge in [-0.15, -0.1) is 0 Å². The third-order valence-electron chi connectivity index (χ3n) is 5.02. The number of hydrogen-bond acceptors (Lipinski definition) is 4. The number of hydrogen-bond donors (Lipinski definition) is 1. The number of methoxy groups -OCH3 is 1. The highest BCUT2D eigenvalue weighted by atomic mass is 16.5. The minimum atomic E-state index is -0.231. The summed E-state index contributed by atoms with van der Waals surface area (Å²) in [5.74, 6) is 0.866. The van der Waals surface area contributed by atoms with E-state index >= 15 is 0 Å². The lowest BCUT2D eigenvalue weighted by Crippen LogP contribution is -2.73. The Balaban J connectivity index is 2.07. The molecule has 1 aliphatic carbocycles. The molecule has 0 aromatic heterocycles. The fourth-order valence-corrected chi connectivity index (χ4v) is 3.14. The third-order valence-corrected chi connectivity index (χ3v) is 5.02. The van der Waals surface area contributed by atoms with Crippen LogP contribution in [0, 0.1) is 5.41 Å². The topological polar surface area (TPSA) is 47.7 Å². The maximum absolute atomic E-state index is 6.66. The van der Waals surface area contributed by atoms with E-state index in [1.54, 1.807) is 7.11 Å². The zero-order chi connectivity index (χ0) is 15.7. The molecule has 21 heavy (non-hydrogen) atoms. The van der Waals surface area contributed by atoms with Crippen LogP contribution in [0.4, 0.5) is 5.69 Å². The lowest BCUT2D eigenvalue weighted by atomic mass is 9.54. The number of anilines is 1. The number of likely N-dealkylation sites (N-methyl/N-ethyl adjacent to an activating group) is 1. The lowest BCUT2D eigenvalue weighted by Gasteiger charge is -2.60. The Morgan fingerprint density at radius 3 is 2.67 bits per heavy atom. The second-order valence-electron chi connectivity index (χ2n) is 6.58. The summed E-state index contributed by atoms with van der Waals surface area (Å²) in [4.78, 5) is 2.20. The van der Waals surface area contributed by atoms with E-state index in [9.17, 15) is 0 Å². The van der Waals surface area contributed by atoms with E-state index in [0.717, 1.165) is 31.0 Å². The van der Waals surface area contributed by atoms with Crippen molar-refractivity contribution < 1.29 is 9.47 Å². The quantitative estimate of drug-likeness (QED) is 0.875. The van der Waals surface area contributed by atoms with Gasteiger partial charge >= 0.3 is 0 Å². The summed E-state index contributed by atoms with van der Waals surface area (Å²) in [5, 5.41) is 0. The molecule has 0 amide bonds. The number of benzene rings is 1. The highest BCUT2D eigenvalue weighted by Gasteiger charge is 2.58. The summed E-state index contributed by atoms with van der Waals surface area (Å²) < 4.78 is 11.1. The van der Waals surface area contributed by atoms with Gasteiger partial charge in [0.1, 0.15) is 5.75 Å². The molecule has 0 aliphatic heterocycles. The van der Waals surface area contributed by atoms with Crippen molar-refractivity contribution in [1.29, 1.82) is 0 Å². The molecule has 2 N–H and O–H groups in total. The van der Waals surface area contributed by atoms with Crippen LogP contribution in [-0.4, -0.2) is 39.0 Å². The molecule has 0 heterocycles. The minimum absolute atomic E-state index is 0.0177. The van der Waals surface area contributed by atoms with E-state index in [0.29, 0.717) is 0 Å². The van der Waals surface area contributed by atoms with Gasteiger partial charge in [-0.05, 0) is 25.5 Å². The van der Waals surface area contributed by atoms with Crippen molar-refractivity contribution in [2.45, 2.75) is 38.8 Å². The van der Waals surface area contributed by atoms with Gasteiger partial charge in [0.2, 0.25) is 0 Å². The zero-order valence-electron chi connectivity index (χ0n) is 13.8. The third kappa shape index (κ3) is 2.87. The van der Waals surface area contributed by atoms with Gasteiger partial charge in [0.05, 0.1) is 13.2 Å².